The van der Waals surface area contributed by atoms with E-state index in [4.69, 9.17) is 0 Å². The molecule has 2 heterocycles. The smallest absolute Gasteiger partial charge is 0.165 e. The van der Waals surface area contributed by atoms with E-state index >= 15 is 0 Å². The monoisotopic (exact) mass is 209 g/mol. The molecular formula is C11H16FN3. The molecule has 2 unspecified atom stereocenters. The molecule has 4 heteroatoms. The minimum absolute atomic E-state index is 0.274. The number of rotatable bonds is 2. The fourth-order valence-electron chi connectivity index (χ4n) is 1.95. The van der Waals surface area contributed by atoms with Gasteiger partial charge >= 0.3 is 0 Å². The van der Waals surface area contributed by atoms with Crippen molar-refractivity contribution in [1.29, 1.82) is 0 Å². The van der Waals surface area contributed by atoms with Crippen LogP contribution >= 0.6 is 0 Å². The number of nitrogens with one attached hydrogen (secondary N) is 2. The van der Waals surface area contributed by atoms with Crippen LogP contribution < -0.4 is 10.6 Å². The Morgan fingerprint density at radius 2 is 2.47 bits per heavy atom. The lowest BCUT2D eigenvalue weighted by Gasteiger charge is -2.29. The minimum atomic E-state index is -0.274. The van der Waals surface area contributed by atoms with Crippen LogP contribution in [0.5, 0.6) is 0 Å². The molecule has 1 fully saturated rings. The van der Waals surface area contributed by atoms with E-state index in [1.807, 2.05) is 0 Å². The summed E-state index contributed by atoms with van der Waals surface area (Å²) in [6.07, 6.45) is 3.63. The maximum Gasteiger partial charge on any atom is 0.165 e. The minimum Gasteiger partial charge on any atom is -0.365 e. The van der Waals surface area contributed by atoms with Crippen LogP contribution in [0.25, 0.3) is 0 Å². The molecule has 15 heavy (non-hydrogen) atoms. The molecule has 1 aliphatic rings. The van der Waals surface area contributed by atoms with Gasteiger partial charge in [-0.05, 0) is 38.4 Å². The van der Waals surface area contributed by atoms with Crippen molar-refractivity contribution in [2.24, 2.45) is 0 Å². The average molecular weight is 209 g/mol. The van der Waals surface area contributed by atoms with Gasteiger partial charge in [0.2, 0.25) is 0 Å². The Bertz CT molecular complexity index is 329. The lowest BCUT2D eigenvalue weighted by atomic mass is 10.0. The van der Waals surface area contributed by atoms with E-state index in [1.165, 1.54) is 6.07 Å². The number of pyridine rings is 1. The lowest BCUT2D eigenvalue weighted by Crippen LogP contribution is -2.41. The number of aromatic nitrogens is 1. The molecule has 0 spiro atoms. The van der Waals surface area contributed by atoms with Gasteiger partial charge in [-0.1, -0.05) is 0 Å². The molecule has 1 aliphatic heterocycles. The third-order valence-corrected chi connectivity index (χ3v) is 2.72. The van der Waals surface area contributed by atoms with Gasteiger partial charge in [-0.3, -0.25) is 0 Å². The fraction of sp³-hybridized carbons (Fsp3) is 0.545. The largest absolute Gasteiger partial charge is 0.365 e. The van der Waals surface area contributed by atoms with Crippen LogP contribution in [0.1, 0.15) is 19.8 Å². The zero-order valence-corrected chi connectivity index (χ0v) is 8.83. The van der Waals surface area contributed by atoms with E-state index in [0.29, 0.717) is 17.9 Å². The van der Waals surface area contributed by atoms with Crippen LogP contribution in [0.15, 0.2) is 18.3 Å². The third kappa shape index (κ3) is 2.65. The second kappa shape index (κ2) is 4.57. The Labute approximate surface area is 89.1 Å². The number of anilines is 1. The van der Waals surface area contributed by atoms with Gasteiger partial charge in [0.1, 0.15) is 0 Å². The maximum absolute atomic E-state index is 13.3. The van der Waals surface area contributed by atoms with Gasteiger partial charge in [0.25, 0.3) is 0 Å². The van der Waals surface area contributed by atoms with Crippen molar-refractivity contribution in [3.8, 4) is 0 Å². The second-order valence-corrected chi connectivity index (χ2v) is 4.05. The molecule has 0 saturated carbocycles. The van der Waals surface area contributed by atoms with Gasteiger partial charge in [0.05, 0.1) is 0 Å². The highest BCUT2D eigenvalue weighted by atomic mass is 19.1. The van der Waals surface area contributed by atoms with E-state index in [2.05, 4.69) is 22.5 Å². The SMILES string of the molecule is CC1CC(Nc2ncccc2F)CCN1. The molecule has 2 atom stereocenters. The fourth-order valence-corrected chi connectivity index (χ4v) is 1.95. The Kier molecular flexibility index (Phi) is 3.16. The van der Waals surface area contributed by atoms with E-state index in [1.54, 1.807) is 12.3 Å². The van der Waals surface area contributed by atoms with Gasteiger partial charge in [-0.25, -0.2) is 9.37 Å². The Morgan fingerprint density at radius 1 is 1.60 bits per heavy atom. The molecule has 3 nitrogen and oxygen atoms in total. The number of halogens is 1. The zero-order chi connectivity index (χ0) is 10.7. The zero-order valence-electron chi connectivity index (χ0n) is 8.83. The summed E-state index contributed by atoms with van der Waals surface area (Å²) in [5.41, 5.74) is 0. The molecule has 2 N–H and O–H groups in total. The van der Waals surface area contributed by atoms with Crippen LogP contribution in [-0.4, -0.2) is 23.6 Å². The van der Waals surface area contributed by atoms with Crippen molar-refractivity contribution in [1.82, 2.24) is 10.3 Å². The van der Waals surface area contributed by atoms with Crippen LogP contribution in [0.4, 0.5) is 10.2 Å². The summed E-state index contributed by atoms with van der Waals surface area (Å²) in [7, 11) is 0. The Morgan fingerprint density at radius 3 is 3.20 bits per heavy atom. The average Bonchev–Trinajstić information content (AvgIpc) is 2.22. The standard InChI is InChI=1S/C11H16FN3/c1-8-7-9(4-6-13-8)15-11-10(12)3-2-5-14-11/h2-3,5,8-9,13H,4,6-7H2,1H3,(H,14,15). The first-order chi connectivity index (χ1) is 7.25. The molecule has 0 amide bonds. The van der Waals surface area contributed by atoms with E-state index in [9.17, 15) is 4.39 Å². The van der Waals surface area contributed by atoms with Crippen molar-refractivity contribution in [3.63, 3.8) is 0 Å². The van der Waals surface area contributed by atoms with Crippen molar-refractivity contribution in [2.75, 3.05) is 11.9 Å². The topological polar surface area (TPSA) is 37.0 Å². The highest BCUT2D eigenvalue weighted by Crippen LogP contribution is 2.16. The first-order valence-corrected chi connectivity index (χ1v) is 5.36. The number of piperidine rings is 1. The Balaban J connectivity index is 1.99. The molecule has 82 valence electrons. The number of hydrogen-bond acceptors (Lipinski definition) is 3. The summed E-state index contributed by atoms with van der Waals surface area (Å²) >= 11 is 0. The lowest BCUT2D eigenvalue weighted by molar-refractivity contribution is 0.394. The van der Waals surface area contributed by atoms with E-state index < -0.39 is 0 Å². The van der Waals surface area contributed by atoms with Crippen molar-refractivity contribution in [3.05, 3.63) is 24.1 Å². The van der Waals surface area contributed by atoms with Crippen molar-refractivity contribution >= 4 is 5.82 Å². The summed E-state index contributed by atoms with van der Waals surface area (Å²) in [5.74, 6) is 0.0975. The molecule has 1 aromatic rings. The highest BCUT2D eigenvalue weighted by molar-refractivity contribution is 5.36. The summed E-state index contributed by atoms with van der Waals surface area (Å²) in [4.78, 5) is 3.99. The van der Waals surface area contributed by atoms with Crippen molar-refractivity contribution in [2.45, 2.75) is 31.8 Å². The normalized spacial score (nSPS) is 26.3. The van der Waals surface area contributed by atoms with Crippen LogP contribution in [0.3, 0.4) is 0 Å². The predicted octanol–water partition coefficient (Wildman–Crippen LogP) is 1.77. The van der Waals surface area contributed by atoms with Crippen LogP contribution in [0, 0.1) is 5.82 Å². The third-order valence-electron chi connectivity index (χ3n) is 2.72. The predicted molar refractivity (Wildman–Crippen MR) is 58.3 cm³/mol. The summed E-state index contributed by atoms with van der Waals surface area (Å²) < 4.78 is 13.3. The molecule has 1 saturated heterocycles. The van der Waals surface area contributed by atoms with Gasteiger partial charge in [-0.15, -0.1) is 0 Å². The van der Waals surface area contributed by atoms with E-state index in [0.717, 1.165) is 19.4 Å². The van der Waals surface area contributed by atoms with Gasteiger partial charge in [0.15, 0.2) is 11.6 Å². The van der Waals surface area contributed by atoms with Crippen LogP contribution in [0.2, 0.25) is 0 Å². The summed E-state index contributed by atoms with van der Waals surface area (Å²) in [6.45, 7) is 3.12. The molecule has 1 aromatic heterocycles. The molecule has 0 aliphatic carbocycles. The summed E-state index contributed by atoms with van der Waals surface area (Å²) in [6, 6.07) is 3.85. The Hall–Kier alpha value is -1.16. The second-order valence-electron chi connectivity index (χ2n) is 4.05. The van der Waals surface area contributed by atoms with Gasteiger partial charge < -0.3 is 10.6 Å². The van der Waals surface area contributed by atoms with Crippen molar-refractivity contribution < 1.29 is 4.39 Å². The molecule has 0 bridgehead atoms. The number of hydrogen-bond donors (Lipinski definition) is 2. The van der Waals surface area contributed by atoms with Crippen LogP contribution in [-0.2, 0) is 0 Å². The highest BCUT2D eigenvalue weighted by Gasteiger charge is 2.19. The first kappa shape index (κ1) is 10.4. The molecule has 0 radical (unpaired) electrons. The quantitative estimate of drug-likeness (QED) is 0.779. The molecular weight excluding hydrogens is 193 g/mol. The van der Waals surface area contributed by atoms with Gasteiger partial charge in [0, 0.05) is 18.3 Å². The van der Waals surface area contributed by atoms with E-state index in [-0.39, 0.29) is 5.82 Å². The first-order valence-electron chi connectivity index (χ1n) is 5.36. The molecule has 2 rings (SSSR count). The maximum atomic E-state index is 13.3. The van der Waals surface area contributed by atoms with Gasteiger partial charge in [-0.2, -0.15) is 0 Å². The summed E-state index contributed by atoms with van der Waals surface area (Å²) in [5, 5.41) is 6.51. The molecule has 0 aromatic carbocycles. The number of nitrogens with zero attached hydrogens (tertiary/aromatic N) is 1.